The summed E-state index contributed by atoms with van der Waals surface area (Å²) in [6.07, 6.45) is 0.839. The summed E-state index contributed by atoms with van der Waals surface area (Å²) in [5, 5.41) is 8.79. The van der Waals surface area contributed by atoms with E-state index in [1.165, 1.54) is 0 Å². The molecule has 1 aromatic carbocycles. The second kappa shape index (κ2) is 5.69. The van der Waals surface area contributed by atoms with E-state index >= 15 is 0 Å². The molecule has 0 bridgehead atoms. The van der Waals surface area contributed by atoms with E-state index in [0.29, 0.717) is 5.82 Å². The van der Waals surface area contributed by atoms with Gasteiger partial charge < -0.3 is 5.32 Å². The Labute approximate surface area is 110 Å². The Bertz CT molecular complexity index is 524. The molecule has 1 amide bonds. The molecule has 1 unspecified atom stereocenters. The molecule has 1 atom stereocenters. The highest BCUT2D eigenvalue weighted by molar-refractivity contribution is 6.32. The largest absolute Gasteiger partial charge is 0.308 e. The zero-order valence-corrected chi connectivity index (χ0v) is 10.7. The summed E-state index contributed by atoms with van der Waals surface area (Å²) in [4.78, 5) is 11.9. The molecule has 0 aliphatic carbocycles. The topological polar surface area (TPSA) is 57.8 Å². The second-order valence-electron chi connectivity index (χ2n) is 3.89. The SMILES string of the molecule is CCc1cc(NC(=O)C(Cl)c2ccccc2)n[nH]1. The van der Waals surface area contributed by atoms with E-state index < -0.39 is 5.38 Å². The fourth-order valence-corrected chi connectivity index (χ4v) is 1.77. The van der Waals surface area contributed by atoms with E-state index in [4.69, 9.17) is 11.6 Å². The van der Waals surface area contributed by atoms with Crippen LogP contribution in [0.3, 0.4) is 0 Å². The summed E-state index contributed by atoms with van der Waals surface area (Å²) in [7, 11) is 0. The molecule has 0 saturated carbocycles. The maximum absolute atomic E-state index is 11.9. The summed E-state index contributed by atoms with van der Waals surface area (Å²) < 4.78 is 0. The standard InChI is InChI=1S/C13H14ClN3O/c1-2-10-8-11(17-16-10)15-13(18)12(14)9-6-4-3-5-7-9/h3-8,12H,2H2,1H3,(H2,15,16,17,18). The van der Waals surface area contributed by atoms with Crippen LogP contribution in [0.2, 0.25) is 0 Å². The molecule has 0 radical (unpaired) electrons. The van der Waals surface area contributed by atoms with Crippen molar-refractivity contribution >= 4 is 23.3 Å². The average molecular weight is 264 g/mol. The first-order chi connectivity index (χ1) is 8.70. The van der Waals surface area contributed by atoms with Crippen molar-refractivity contribution in [2.45, 2.75) is 18.7 Å². The number of anilines is 1. The van der Waals surface area contributed by atoms with Crippen molar-refractivity contribution < 1.29 is 4.79 Å². The van der Waals surface area contributed by atoms with Crippen LogP contribution in [-0.4, -0.2) is 16.1 Å². The van der Waals surface area contributed by atoms with Crippen molar-refractivity contribution in [3.05, 3.63) is 47.7 Å². The molecule has 2 aromatic rings. The molecule has 2 N–H and O–H groups in total. The number of hydrogen-bond donors (Lipinski definition) is 2. The summed E-state index contributed by atoms with van der Waals surface area (Å²) in [5.41, 5.74) is 1.74. The lowest BCUT2D eigenvalue weighted by Gasteiger charge is -2.08. The number of nitrogens with zero attached hydrogens (tertiary/aromatic N) is 1. The third-order valence-corrected chi connectivity index (χ3v) is 3.04. The molecule has 0 aliphatic rings. The predicted molar refractivity (Wildman–Crippen MR) is 71.6 cm³/mol. The van der Waals surface area contributed by atoms with Crippen molar-refractivity contribution in [1.29, 1.82) is 0 Å². The second-order valence-corrected chi connectivity index (χ2v) is 4.33. The van der Waals surface area contributed by atoms with E-state index in [1.807, 2.05) is 37.3 Å². The number of carbonyl (C=O) groups is 1. The number of rotatable bonds is 4. The van der Waals surface area contributed by atoms with Gasteiger partial charge in [-0.1, -0.05) is 37.3 Å². The molecule has 94 valence electrons. The van der Waals surface area contributed by atoms with Crippen LogP contribution in [0.1, 0.15) is 23.6 Å². The minimum Gasteiger partial charge on any atom is -0.308 e. The van der Waals surface area contributed by atoms with Crippen molar-refractivity contribution in [2.24, 2.45) is 0 Å². The van der Waals surface area contributed by atoms with Crippen LogP contribution in [0.15, 0.2) is 36.4 Å². The minimum absolute atomic E-state index is 0.281. The average Bonchev–Trinajstić information content (AvgIpc) is 2.86. The van der Waals surface area contributed by atoms with Gasteiger partial charge in [-0.05, 0) is 12.0 Å². The highest BCUT2D eigenvalue weighted by Crippen LogP contribution is 2.21. The molecule has 1 heterocycles. The summed E-state index contributed by atoms with van der Waals surface area (Å²) in [6.45, 7) is 2.01. The summed E-state index contributed by atoms with van der Waals surface area (Å²) >= 11 is 6.10. The quantitative estimate of drug-likeness (QED) is 0.834. The number of carbonyl (C=O) groups excluding carboxylic acids is 1. The molecule has 5 heteroatoms. The van der Waals surface area contributed by atoms with E-state index in [9.17, 15) is 4.79 Å². The van der Waals surface area contributed by atoms with Crippen LogP contribution in [0.5, 0.6) is 0 Å². The number of benzene rings is 1. The number of aromatic amines is 1. The Morgan fingerprint density at radius 1 is 1.44 bits per heavy atom. The molecule has 0 fully saturated rings. The molecule has 18 heavy (non-hydrogen) atoms. The Hall–Kier alpha value is -1.81. The third-order valence-electron chi connectivity index (χ3n) is 2.59. The van der Waals surface area contributed by atoms with Gasteiger partial charge in [0, 0.05) is 11.8 Å². The Morgan fingerprint density at radius 3 is 2.78 bits per heavy atom. The van der Waals surface area contributed by atoms with Gasteiger partial charge in [0.05, 0.1) is 0 Å². The number of alkyl halides is 1. The van der Waals surface area contributed by atoms with Gasteiger partial charge in [-0.15, -0.1) is 11.6 Å². The maximum atomic E-state index is 11.9. The number of hydrogen-bond acceptors (Lipinski definition) is 2. The van der Waals surface area contributed by atoms with E-state index in [-0.39, 0.29) is 5.91 Å². The van der Waals surface area contributed by atoms with Gasteiger partial charge in [-0.25, -0.2) is 0 Å². The summed E-state index contributed by atoms with van der Waals surface area (Å²) in [6, 6.07) is 11.0. The van der Waals surface area contributed by atoms with Crippen LogP contribution >= 0.6 is 11.6 Å². The number of aryl methyl sites for hydroxylation is 1. The first-order valence-electron chi connectivity index (χ1n) is 5.75. The number of amides is 1. The van der Waals surface area contributed by atoms with Crippen LogP contribution in [-0.2, 0) is 11.2 Å². The van der Waals surface area contributed by atoms with E-state index in [0.717, 1.165) is 17.7 Å². The van der Waals surface area contributed by atoms with Gasteiger partial charge in [-0.3, -0.25) is 9.89 Å². The lowest BCUT2D eigenvalue weighted by Crippen LogP contribution is -2.17. The van der Waals surface area contributed by atoms with Gasteiger partial charge in [0.25, 0.3) is 0 Å². The van der Waals surface area contributed by atoms with Gasteiger partial charge in [-0.2, -0.15) is 5.10 Å². The molecular weight excluding hydrogens is 250 g/mol. The first-order valence-corrected chi connectivity index (χ1v) is 6.18. The van der Waals surface area contributed by atoms with Crippen molar-refractivity contribution in [3.8, 4) is 0 Å². The molecular formula is C13H14ClN3O. The van der Waals surface area contributed by atoms with E-state index in [2.05, 4.69) is 15.5 Å². The van der Waals surface area contributed by atoms with Crippen LogP contribution in [0.25, 0.3) is 0 Å². The Kier molecular flexibility index (Phi) is 3.99. The van der Waals surface area contributed by atoms with Gasteiger partial charge in [0.15, 0.2) is 5.82 Å². The Morgan fingerprint density at radius 2 is 2.17 bits per heavy atom. The first kappa shape index (κ1) is 12.6. The minimum atomic E-state index is -0.715. The fraction of sp³-hybridized carbons (Fsp3) is 0.231. The Balaban J connectivity index is 2.04. The van der Waals surface area contributed by atoms with Crippen LogP contribution in [0, 0.1) is 0 Å². The molecule has 0 saturated heterocycles. The lowest BCUT2D eigenvalue weighted by molar-refractivity contribution is -0.116. The smallest absolute Gasteiger partial charge is 0.248 e. The van der Waals surface area contributed by atoms with Crippen LogP contribution in [0.4, 0.5) is 5.82 Å². The number of H-pyrrole nitrogens is 1. The van der Waals surface area contributed by atoms with E-state index in [1.54, 1.807) is 6.07 Å². The molecule has 0 aliphatic heterocycles. The van der Waals surface area contributed by atoms with Gasteiger partial charge in [0.1, 0.15) is 5.38 Å². The fourth-order valence-electron chi connectivity index (χ4n) is 1.57. The zero-order chi connectivity index (χ0) is 13.0. The van der Waals surface area contributed by atoms with Gasteiger partial charge >= 0.3 is 0 Å². The number of halogens is 1. The number of nitrogens with one attached hydrogen (secondary N) is 2. The van der Waals surface area contributed by atoms with Crippen molar-refractivity contribution in [3.63, 3.8) is 0 Å². The lowest BCUT2D eigenvalue weighted by atomic mass is 10.1. The van der Waals surface area contributed by atoms with Crippen LogP contribution < -0.4 is 5.32 Å². The monoisotopic (exact) mass is 263 g/mol. The summed E-state index contributed by atoms with van der Waals surface area (Å²) in [5.74, 6) is 0.218. The third kappa shape index (κ3) is 2.90. The van der Waals surface area contributed by atoms with Crippen molar-refractivity contribution in [2.75, 3.05) is 5.32 Å². The normalized spacial score (nSPS) is 12.1. The predicted octanol–water partition coefficient (Wildman–Crippen LogP) is 2.89. The number of aromatic nitrogens is 2. The maximum Gasteiger partial charge on any atom is 0.248 e. The van der Waals surface area contributed by atoms with Gasteiger partial charge in [0.2, 0.25) is 5.91 Å². The molecule has 2 rings (SSSR count). The highest BCUT2D eigenvalue weighted by Gasteiger charge is 2.18. The zero-order valence-electron chi connectivity index (χ0n) is 9.98. The molecule has 1 aromatic heterocycles. The molecule has 0 spiro atoms. The highest BCUT2D eigenvalue weighted by atomic mass is 35.5. The molecule has 4 nitrogen and oxygen atoms in total. The van der Waals surface area contributed by atoms with Crippen molar-refractivity contribution in [1.82, 2.24) is 10.2 Å².